The predicted octanol–water partition coefficient (Wildman–Crippen LogP) is 20.1. The molecule has 0 saturated carbocycles. The van der Waals surface area contributed by atoms with Crippen molar-refractivity contribution in [2.45, 2.75) is 38.5 Å². The van der Waals surface area contributed by atoms with E-state index in [4.69, 9.17) is 0 Å². The van der Waals surface area contributed by atoms with Crippen LogP contribution in [-0.4, -0.2) is 0 Å². The Kier molecular flexibility index (Phi) is 9.09. The Bertz CT molecular complexity index is 4220. The van der Waals surface area contributed by atoms with Crippen molar-refractivity contribution in [3.63, 3.8) is 0 Å². The highest BCUT2D eigenvalue weighted by molar-refractivity contribution is 6.30. The van der Waals surface area contributed by atoms with E-state index in [2.05, 4.69) is 280 Å². The zero-order chi connectivity index (χ0) is 49.5. The molecule has 15 rings (SSSR count). The highest BCUT2D eigenvalue weighted by Gasteiger charge is 2.40. The van der Waals surface area contributed by atoms with Gasteiger partial charge < -0.3 is 9.80 Å². The molecule has 0 radical (unpaired) electrons. The van der Waals surface area contributed by atoms with E-state index in [1.165, 1.54) is 132 Å². The summed E-state index contributed by atoms with van der Waals surface area (Å²) in [7, 11) is 0. The molecule has 74 heavy (non-hydrogen) atoms. The lowest BCUT2D eigenvalue weighted by atomic mass is 9.72. The Morgan fingerprint density at radius 1 is 0.270 bits per heavy atom. The van der Waals surface area contributed by atoms with Crippen LogP contribution >= 0.6 is 0 Å². The van der Waals surface area contributed by atoms with Crippen LogP contribution in [0.2, 0.25) is 0 Å². The van der Waals surface area contributed by atoms with E-state index >= 15 is 0 Å². The maximum atomic E-state index is 2.54. The summed E-state index contributed by atoms with van der Waals surface area (Å²) < 4.78 is 0. The first-order valence-corrected chi connectivity index (χ1v) is 26.1. The quantitative estimate of drug-likeness (QED) is 0.125. The summed E-state index contributed by atoms with van der Waals surface area (Å²) in [6, 6.07) is 91.3. The van der Waals surface area contributed by atoms with Crippen LogP contribution in [0.15, 0.2) is 243 Å². The number of para-hydroxylation sites is 6. The van der Waals surface area contributed by atoms with E-state index < -0.39 is 0 Å². The molecule has 13 aromatic rings. The highest BCUT2D eigenvalue weighted by Crippen LogP contribution is 2.58. The summed E-state index contributed by atoms with van der Waals surface area (Å²) >= 11 is 0. The fourth-order valence-electron chi connectivity index (χ4n) is 13.5. The average molecular weight is 945 g/mol. The third-order valence-corrected chi connectivity index (χ3v) is 16.9. The van der Waals surface area contributed by atoms with Gasteiger partial charge >= 0.3 is 0 Å². The van der Waals surface area contributed by atoms with Gasteiger partial charge in [0.25, 0.3) is 0 Å². The number of hydrogen-bond donors (Lipinski definition) is 0. The Hall–Kier alpha value is -8.98. The van der Waals surface area contributed by atoms with Crippen LogP contribution in [0, 0.1) is 0 Å². The third-order valence-electron chi connectivity index (χ3n) is 16.9. The first-order chi connectivity index (χ1) is 36.3. The van der Waals surface area contributed by atoms with Crippen LogP contribution in [0.4, 0.5) is 34.1 Å². The minimum absolute atomic E-state index is 0.258. The topological polar surface area (TPSA) is 6.48 Å². The van der Waals surface area contributed by atoms with E-state index in [0.717, 1.165) is 11.4 Å². The summed E-state index contributed by atoms with van der Waals surface area (Å²) in [6.07, 6.45) is 0. The molecule has 2 nitrogen and oxygen atoms in total. The molecule has 0 aromatic heterocycles. The van der Waals surface area contributed by atoms with Crippen LogP contribution in [0.5, 0.6) is 0 Å². The molecular weight excluding hydrogens is 893 g/mol. The van der Waals surface area contributed by atoms with Gasteiger partial charge in [-0.15, -0.1) is 0 Å². The van der Waals surface area contributed by atoms with Crippen molar-refractivity contribution in [2.24, 2.45) is 0 Å². The lowest BCUT2D eigenvalue weighted by Crippen LogP contribution is -2.31. The van der Waals surface area contributed by atoms with Crippen molar-refractivity contribution in [1.29, 1.82) is 0 Å². The predicted molar refractivity (Wildman–Crippen MR) is 315 cm³/mol. The number of nitrogens with zero attached hydrogens (tertiary/aromatic N) is 2. The summed E-state index contributed by atoms with van der Waals surface area (Å²) in [6.45, 7) is 9.58. The third kappa shape index (κ3) is 5.94. The van der Waals surface area contributed by atoms with Crippen molar-refractivity contribution < 1.29 is 0 Å². The summed E-state index contributed by atoms with van der Waals surface area (Å²) in [5.41, 5.74) is 19.3. The van der Waals surface area contributed by atoms with Crippen LogP contribution in [0.3, 0.4) is 0 Å². The first kappa shape index (κ1) is 42.7. The fourth-order valence-corrected chi connectivity index (χ4v) is 13.5. The second-order valence-corrected chi connectivity index (χ2v) is 21.6. The molecule has 13 aromatic carbocycles. The molecule has 0 amide bonds. The Labute approximate surface area is 432 Å². The molecule has 0 saturated heterocycles. The molecule has 0 aliphatic carbocycles. The van der Waals surface area contributed by atoms with Gasteiger partial charge in [0.05, 0.1) is 22.7 Å². The maximum Gasteiger partial charge on any atom is 0.0581 e. The minimum atomic E-state index is -0.258. The number of fused-ring (bicyclic) bond motifs is 6. The number of hydrogen-bond acceptors (Lipinski definition) is 2. The van der Waals surface area contributed by atoms with Gasteiger partial charge in [-0.3, -0.25) is 0 Å². The van der Waals surface area contributed by atoms with E-state index in [9.17, 15) is 0 Å². The van der Waals surface area contributed by atoms with Gasteiger partial charge in [0.2, 0.25) is 0 Å². The molecule has 2 aliphatic heterocycles. The van der Waals surface area contributed by atoms with Gasteiger partial charge in [-0.05, 0) is 147 Å². The highest BCUT2D eigenvalue weighted by atomic mass is 15.2. The molecule has 0 spiro atoms. The second-order valence-electron chi connectivity index (χ2n) is 21.6. The lowest BCUT2D eigenvalue weighted by Gasteiger charge is -2.43. The first-order valence-electron chi connectivity index (χ1n) is 26.1. The van der Waals surface area contributed by atoms with Crippen LogP contribution in [-0.2, 0) is 10.8 Å². The van der Waals surface area contributed by atoms with Gasteiger partial charge in [0.1, 0.15) is 0 Å². The zero-order valence-electron chi connectivity index (χ0n) is 42.0. The average Bonchev–Trinajstić information content (AvgIpc) is 3.51. The van der Waals surface area contributed by atoms with Crippen LogP contribution in [0.1, 0.15) is 49.9 Å². The Morgan fingerprint density at radius 3 is 1.22 bits per heavy atom. The molecule has 350 valence electrons. The Balaban J connectivity index is 1.09. The van der Waals surface area contributed by atoms with E-state index in [1.807, 2.05) is 0 Å². The van der Waals surface area contributed by atoms with Gasteiger partial charge in [-0.25, -0.2) is 0 Å². The van der Waals surface area contributed by atoms with Crippen molar-refractivity contribution in [3.8, 4) is 33.4 Å². The van der Waals surface area contributed by atoms with Crippen molar-refractivity contribution >= 4 is 88.0 Å². The molecular formula is C72H52N2. The van der Waals surface area contributed by atoms with Gasteiger partial charge in [0, 0.05) is 33.3 Å². The van der Waals surface area contributed by atoms with Crippen molar-refractivity contribution in [2.75, 3.05) is 9.80 Å². The van der Waals surface area contributed by atoms with E-state index in [1.54, 1.807) is 0 Å². The van der Waals surface area contributed by atoms with Crippen LogP contribution < -0.4 is 9.80 Å². The molecule has 0 fully saturated rings. The maximum absolute atomic E-state index is 2.54. The van der Waals surface area contributed by atoms with Crippen molar-refractivity contribution in [1.82, 2.24) is 0 Å². The SMILES string of the molecule is CC1(C)c2ccccc2N(c2ccccc2)c2c(-c3cccc4c(-c5cc6cccc7ccc8cccc5c8c76)c5cccc(-c6cccc7c6N(c6ccccc6)c6ccccc6C7(C)C)c5cc34)cccc21. The van der Waals surface area contributed by atoms with Gasteiger partial charge in [-0.2, -0.15) is 0 Å². The molecule has 2 heteroatoms. The van der Waals surface area contributed by atoms with E-state index in [-0.39, 0.29) is 10.8 Å². The smallest absolute Gasteiger partial charge is 0.0581 e. The number of anilines is 6. The number of benzene rings is 13. The van der Waals surface area contributed by atoms with Crippen molar-refractivity contribution in [3.05, 3.63) is 265 Å². The second kappa shape index (κ2) is 15.8. The molecule has 2 heterocycles. The molecule has 2 aliphatic rings. The molecule has 0 N–H and O–H groups in total. The molecule has 0 atom stereocenters. The zero-order valence-corrected chi connectivity index (χ0v) is 42.0. The summed E-state index contributed by atoms with van der Waals surface area (Å²) in [5.74, 6) is 0. The monoisotopic (exact) mass is 944 g/mol. The molecule has 0 unspecified atom stereocenters. The van der Waals surface area contributed by atoms with Crippen LogP contribution in [0.25, 0.3) is 87.2 Å². The summed E-state index contributed by atoms with van der Waals surface area (Å²) in [4.78, 5) is 5.04. The van der Waals surface area contributed by atoms with Gasteiger partial charge in [0.15, 0.2) is 0 Å². The standard InChI is InChI=1S/C72H52N2/c1-71(2)60-35-11-13-39-64(60)73(48-24-7-5-8-25-48)69-55(33-19-37-62(69)71)50-28-17-31-52-57(50)44-58-51(56-34-20-38-63-70(56)74(49-26-9-6-10-27-49)65-40-14-12-36-61(65)72(63,3)4)29-18-32-53(58)68(52)59-43-47-23-15-21-45-41-42-46-22-16-30-54(59)67(46)66(45)47/h5-44H,1-4H3. The summed E-state index contributed by atoms with van der Waals surface area (Å²) in [5, 5.41) is 12.6. The normalized spacial score (nSPS) is 14.4. The fraction of sp³-hybridized carbons (Fsp3) is 0.0833. The number of rotatable bonds is 5. The largest absolute Gasteiger partial charge is 0.309 e. The Morgan fingerprint density at radius 2 is 0.676 bits per heavy atom. The van der Waals surface area contributed by atoms with Gasteiger partial charge in [-0.1, -0.05) is 222 Å². The van der Waals surface area contributed by atoms with E-state index in [0.29, 0.717) is 0 Å². The molecule has 0 bridgehead atoms. The minimum Gasteiger partial charge on any atom is -0.309 e. The lowest BCUT2D eigenvalue weighted by molar-refractivity contribution is 0.632.